The highest BCUT2D eigenvalue weighted by Gasteiger charge is 2.30. The van der Waals surface area contributed by atoms with Crippen LogP contribution in [0.25, 0.3) is 0 Å². The summed E-state index contributed by atoms with van der Waals surface area (Å²) in [6, 6.07) is 5.09. The third-order valence-electron chi connectivity index (χ3n) is 3.29. The van der Waals surface area contributed by atoms with Gasteiger partial charge in [-0.3, -0.25) is 0 Å². The van der Waals surface area contributed by atoms with Crippen molar-refractivity contribution in [2.24, 2.45) is 5.73 Å². The number of benzene rings is 1. The molecule has 110 valence electrons. The Morgan fingerprint density at radius 3 is 2.80 bits per heavy atom. The molecule has 0 aliphatic carbocycles. The Hall–Kier alpha value is -0.630. The van der Waals surface area contributed by atoms with Gasteiger partial charge in [0.15, 0.2) is 0 Å². The molecule has 0 amide bonds. The number of rotatable bonds is 3. The van der Waals surface area contributed by atoms with E-state index in [9.17, 15) is 8.42 Å². The minimum Gasteiger partial charge on any atom is -0.389 e. The van der Waals surface area contributed by atoms with E-state index in [0.29, 0.717) is 28.8 Å². The summed E-state index contributed by atoms with van der Waals surface area (Å²) in [4.78, 5) is 0.519. The van der Waals surface area contributed by atoms with Crippen LogP contribution in [0.2, 0.25) is 0 Å². The van der Waals surface area contributed by atoms with Crippen LogP contribution >= 0.6 is 24.0 Å². The molecule has 0 spiro atoms. The number of nitrogens with zero attached hydrogens (tertiary/aromatic N) is 1. The summed E-state index contributed by atoms with van der Waals surface area (Å²) in [6.07, 6.45) is 0. The van der Waals surface area contributed by atoms with Gasteiger partial charge in [0.25, 0.3) is 0 Å². The summed E-state index contributed by atoms with van der Waals surface area (Å²) in [5.74, 6) is 0.828. The number of aryl methyl sites for hydroxylation is 1. The van der Waals surface area contributed by atoms with Crippen molar-refractivity contribution < 1.29 is 8.42 Å². The maximum absolute atomic E-state index is 12.8. The maximum Gasteiger partial charge on any atom is 0.243 e. The fourth-order valence-corrected chi connectivity index (χ4v) is 5.31. The first-order chi connectivity index (χ1) is 9.32. The molecule has 1 saturated heterocycles. The minimum atomic E-state index is -3.48. The highest BCUT2D eigenvalue weighted by Crippen LogP contribution is 2.26. The van der Waals surface area contributed by atoms with Gasteiger partial charge in [0.1, 0.15) is 4.99 Å². The molecule has 0 saturated carbocycles. The Kier molecular flexibility index (Phi) is 4.73. The van der Waals surface area contributed by atoms with E-state index in [1.165, 1.54) is 0 Å². The zero-order chi connectivity index (χ0) is 14.9. The van der Waals surface area contributed by atoms with Crippen molar-refractivity contribution in [1.82, 2.24) is 4.31 Å². The zero-order valence-electron chi connectivity index (χ0n) is 11.5. The largest absolute Gasteiger partial charge is 0.389 e. The van der Waals surface area contributed by atoms with E-state index in [2.05, 4.69) is 0 Å². The van der Waals surface area contributed by atoms with E-state index in [-0.39, 0.29) is 4.99 Å². The van der Waals surface area contributed by atoms with Crippen LogP contribution in [0.15, 0.2) is 23.1 Å². The van der Waals surface area contributed by atoms with Crippen molar-refractivity contribution in [2.75, 3.05) is 18.8 Å². The number of thioether (sulfide) groups is 1. The van der Waals surface area contributed by atoms with Gasteiger partial charge in [0.2, 0.25) is 10.0 Å². The predicted octanol–water partition coefficient (Wildman–Crippen LogP) is 1.76. The number of thiocarbonyl (C=S) groups is 1. The Morgan fingerprint density at radius 1 is 1.50 bits per heavy atom. The van der Waals surface area contributed by atoms with Crippen molar-refractivity contribution in [3.8, 4) is 0 Å². The first-order valence-corrected chi connectivity index (χ1v) is 9.24. The van der Waals surface area contributed by atoms with E-state index in [1.54, 1.807) is 41.2 Å². The molecule has 0 aromatic heterocycles. The highest BCUT2D eigenvalue weighted by atomic mass is 32.2. The fourth-order valence-electron chi connectivity index (χ4n) is 2.18. The van der Waals surface area contributed by atoms with Gasteiger partial charge >= 0.3 is 0 Å². The summed E-state index contributed by atoms with van der Waals surface area (Å²) in [5, 5.41) is 0.317. The Bertz CT molecular complexity index is 629. The molecule has 1 aromatic carbocycles. The lowest BCUT2D eigenvalue weighted by atomic mass is 10.1. The standard InChI is InChI=1S/C13H18N2O2S3/c1-9-3-4-11(13(14)18)7-12(9)20(16,17)15-5-6-19-10(2)8-15/h3-4,7,10H,5-6,8H2,1-2H3,(H2,14,18). The van der Waals surface area contributed by atoms with Crippen LogP contribution in [0.3, 0.4) is 0 Å². The van der Waals surface area contributed by atoms with Crippen LogP contribution in [0, 0.1) is 6.92 Å². The molecule has 20 heavy (non-hydrogen) atoms. The summed E-state index contributed by atoms with van der Waals surface area (Å²) in [6.45, 7) is 4.93. The Morgan fingerprint density at radius 2 is 2.20 bits per heavy atom. The third-order valence-corrected chi connectivity index (χ3v) is 6.67. The Labute approximate surface area is 129 Å². The second-order valence-corrected chi connectivity index (χ2v) is 8.78. The molecule has 4 nitrogen and oxygen atoms in total. The van der Waals surface area contributed by atoms with Gasteiger partial charge in [0.05, 0.1) is 4.90 Å². The molecular weight excluding hydrogens is 312 g/mol. The highest BCUT2D eigenvalue weighted by molar-refractivity contribution is 8.00. The average molecular weight is 331 g/mol. The molecule has 2 N–H and O–H groups in total. The van der Waals surface area contributed by atoms with Crippen LogP contribution < -0.4 is 5.73 Å². The molecule has 0 radical (unpaired) electrons. The van der Waals surface area contributed by atoms with Crippen LogP contribution in [0.5, 0.6) is 0 Å². The topological polar surface area (TPSA) is 63.4 Å². The summed E-state index contributed by atoms with van der Waals surface area (Å²) in [5.41, 5.74) is 6.90. The normalized spacial score (nSPS) is 20.8. The van der Waals surface area contributed by atoms with Gasteiger partial charge in [-0.2, -0.15) is 16.1 Å². The lowest BCUT2D eigenvalue weighted by molar-refractivity contribution is 0.424. The van der Waals surface area contributed by atoms with Crippen molar-refractivity contribution in [3.05, 3.63) is 29.3 Å². The van der Waals surface area contributed by atoms with Gasteiger partial charge in [0, 0.05) is 29.7 Å². The van der Waals surface area contributed by atoms with E-state index in [4.69, 9.17) is 18.0 Å². The lowest BCUT2D eigenvalue weighted by Gasteiger charge is -2.30. The van der Waals surface area contributed by atoms with Crippen LogP contribution in [0.1, 0.15) is 18.1 Å². The maximum atomic E-state index is 12.8. The molecule has 1 heterocycles. The van der Waals surface area contributed by atoms with Crippen molar-refractivity contribution in [1.29, 1.82) is 0 Å². The van der Waals surface area contributed by atoms with E-state index < -0.39 is 10.0 Å². The molecule has 1 aromatic rings. The van der Waals surface area contributed by atoms with Crippen LogP contribution in [-0.4, -0.2) is 41.8 Å². The minimum absolute atomic E-state index is 0.212. The summed E-state index contributed by atoms with van der Waals surface area (Å²) in [7, 11) is -3.48. The van der Waals surface area contributed by atoms with Crippen molar-refractivity contribution in [3.63, 3.8) is 0 Å². The average Bonchev–Trinajstić information content (AvgIpc) is 2.38. The van der Waals surface area contributed by atoms with Gasteiger partial charge in [-0.15, -0.1) is 0 Å². The second-order valence-electron chi connectivity index (χ2n) is 4.89. The predicted molar refractivity (Wildman–Crippen MR) is 87.7 cm³/mol. The second kappa shape index (κ2) is 6.01. The number of nitrogens with two attached hydrogens (primary N) is 1. The molecule has 0 bridgehead atoms. The molecule has 2 rings (SSSR count). The first-order valence-electron chi connectivity index (χ1n) is 6.34. The van der Waals surface area contributed by atoms with Gasteiger partial charge in [-0.1, -0.05) is 31.3 Å². The molecule has 7 heteroatoms. The summed E-state index contributed by atoms with van der Waals surface area (Å²) < 4.78 is 27.1. The van der Waals surface area contributed by atoms with Gasteiger partial charge in [-0.25, -0.2) is 8.42 Å². The smallest absolute Gasteiger partial charge is 0.243 e. The van der Waals surface area contributed by atoms with Crippen LogP contribution in [-0.2, 0) is 10.0 Å². The first kappa shape index (κ1) is 15.8. The van der Waals surface area contributed by atoms with E-state index >= 15 is 0 Å². The molecular formula is C13H18N2O2S3. The number of hydrogen-bond acceptors (Lipinski definition) is 4. The molecule has 1 atom stereocenters. The van der Waals surface area contributed by atoms with Gasteiger partial charge in [-0.05, 0) is 18.6 Å². The zero-order valence-corrected chi connectivity index (χ0v) is 13.9. The van der Waals surface area contributed by atoms with E-state index in [0.717, 1.165) is 11.3 Å². The lowest BCUT2D eigenvalue weighted by Crippen LogP contribution is -2.41. The Balaban J connectivity index is 2.43. The molecule has 1 fully saturated rings. The summed E-state index contributed by atoms with van der Waals surface area (Å²) >= 11 is 6.73. The van der Waals surface area contributed by atoms with Crippen molar-refractivity contribution >= 4 is 39.0 Å². The third kappa shape index (κ3) is 3.16. The quantitative estimate of drug-likeness (QED) is 0.856. The SMILES string of the molecule is Cc1ccc(C(N)=S)cc1S(=O)(=O)N1CCSC(C)C1. The molecule has 1 aliphatic rings. The number of sulfonamides is 1. The molecule has 1 aliphatic heterocycles. The monoisotopic (exact) mass is 330 g/mol. The van der Waals surface area contributed by atoms with Crippen molar-refractivity contribution in [2.45, 2.75) is 24.0 Å². The fraction of sp³-hybridized carbons (Fsp3) is 0.462. The number of hydrogen-bond donors (Lipinski definition) is 1. The van der Waals surface area contributed by atoms with Crippen LogP contribution in [0.4, 0.5) is 0 Å². The van der Waals surface area contributed by atoms with Gasteiger partial charge < -0.3 is 5.73 Å². The van der Waals surface area contributed by atoms with E-state index in [1.807, 2.05) is 6.92 Å². The molecule has 1 unspecified atom stereocenters.